The molecule has 2 rings (SSSR count). The molecule has 1 aromatic rings. The summed E-state index contributed by atoms with van der Waals surface area (Å²) < 4.78 is 14.1. The molecule has 1 aliphatic rings. The summed E-state index contributed by atoms with van der Waals surface area (Å²) in [5.41, 5.74) is 0.429. The van der Waals surface area contributed by atoms with E-state index >= 15 is 0 Å². The van der Waals surface area contributed by atoms with Gasteiger partial charge >= 0.3 is 12.2 Å². The highest BCUT2D eigenvalue weighted by molar-refractivity contribution is 6.12. The molecular formula is C16H18FN3O6. The van der Waals surface area contributed by atoms with E-state index in [1.165, 1.54) is 20.8 Å². The van der Waals surface area contributed by atoms with Gasteiger partial charge in [-0.15, -0.1) is 0 Å². The third-order valence-corrected chi connectivity index (χ3v) is 4.43. The Morgan fingerprint density at radius 3 is 2.42 bits per heavy atom. The van der Waals surface area contributed by atoms with E-state index in [1.54, 1.807) is 5.43 Å². The Bertz CT molecular complexity index is 825. The van der Waals surface area contributed by atoms with Crippen molar-refractivity contribution in [2.45, 2.75) is 39.2 Å². The number of carboxylic acid groups (broad SMARTS) is 2. The van der Waals surface area contributed by atoms with Gasteiger partial charge in [0.2, 0.25) is 5.91 Å². The molecule has 0 saturated carbocycles. The number of ketones is 1. The monoisotopic (exact) mass is 367 g/mol. The number of benzene rings is 1. The highest BCUT2D eigenvalue weighted by Gasteiger charge is 2.48. The number of hydrogen-bond donors (Lipinski definition) is 4. The molecule has 10 heteroatoms. The summed E-state index contributed by atoms with van der Waals surface area (Å²) in [6.45, 7) is 3.94. The number of amides is 3. The Morgan fingerprint density at radius 1 is 1.31 bits per heavy atom. The smallest absolute Gasteiger partial charge is 0.427 e. The lowest BCUT2D eigenvalue weighted by Crippen LogP contribution is -2.63. The number of carbonyl (C=O) groups excluding carboxylic acids is 2. The highest BCUT2D eigenvalue weighted by atomic mass is 19.1. The van der Waals surface area contributed by atoms with E-state index in [4.69, 9.17) is 5.11 Å². The minimum absolute atomic E-state index is 0.0220. The zero-order chi connectivity index (χ0) is 19.8. The number of rotatable bonds is 2. The molecule has 26 heavy (non-hydrogen) atoms. The van der Waals surface area contributed by atoms with Crippen LogP contribution in [0.1, 0.15) is 41.8 Å². The van der Waals surface area contributed by atoms with Crippen molar-refractivity contribution in [3.05, 3.63) is 28.6 Å². The minimum Gasteiger partial charge on any atom is -0.464 e. The van der Waals surface area contributed by atoms with Crippen molar-refractivity contribution in [1.29, 1.82) is 0 Å². The Hall–Kier alpha value is -3.17. The normalized spacial score (nSPS) is 18.7. The summed E-state index contributed by atoms with van der Waals surface area (Å²) in [5, 5.41) is 20.9. The number of nitrogens with zero attached hydrogens (tertiary/aromatic N) is 1. The van der Waals surface area contributed by atoms with Crippen LogP contribution in [0.4, 0.5) is 19.7 Å². The Morgan fingerprint density at radius 2 is 1.92 bits per heavy atom. The van der Waals surface area contributed by atoms with Crippen molar-refractivity contribution in [2.24, 2.45) is 0 Å². The first-order valence-corrected chi connectivity index (χ1v) is 7.66. The molecule has 0 radical (unpaired) electrons. The summed E-state index contributed by atoms with van der Waals surface area (Å²) in [7, 11) is 0. The van der Waals surface area contributed by atoms with Crippen molar-refractivity contribution < 1.29 is 33.8 Å². The van der Waals surface area contributed by atoms with Gasteiger partial charge in [0.15, 0.2) is 5.78 Å². The van der Waals surface area contributed by atoms with E-state index in [9.17, 15) is 28.7 Å². The molecule has 0 spiro atoms. The summed E-state index contributed by atoms with van der Waals surface area (Å²) in [6, 6.07) is 0.995. The van der Waals surface area contributed by atoms with Crippen LogP contribution < -0.4 is 10.7 Å². The van der Waals surface area contributed by atoms with Gasteiger partial charge in [-0.2, -0.15) is 0 Å². The first-order valence-electron chi connectivity index (χ1n) is 7.66. The second-order valence-electron chi connectivity index (χ2n) is 6.20. The van der Waals surface area contributed by atoms with Crippen LogP contribution in [0.15, 0.2) is 6.07 Å². The van der Waals surface area contributed by atoms with E-state index in [-0.39, 0.29) is 29.7 Å². The first kappa shape index (κ1) is 19.2. The maximum Gasteiger partial charge on any atom is 0.427 e. The van der Waals surface area contributed by atoms with Crippen LogP contribution in [0.5, 0.6) is 0 Å². The number of hydrazine groups is 1. The lowest BCUT2D eigenvalue weighted by Gasteiger charge is -2.41. The molecule has 1 aliphatic carbocycles. The molecule has 9 nitrogen and oxygen atoms in total. The Labute approximate surface area is 147 Å². The van der Waals surface area contributed by atoms with Crippen LogP contribution in [0, 0.1) is 12.7 Å². The van der Waals surface area contributed by atoms with Gasteiger partial charge in [0, 0.05) is 12.5 Å². The molecule has 4 N–H and O–H groups in total. The molecule has 1 atom stereocenters. The van der Waals surface area contributed by atoms with E-state index in [0.29, 0.717) is 10.6 Å². The van der Waals surface area contributed by atoms with E-state index < -0.39 is 35.2 Å². The molecule has 140 valence electrons. The van der Waals surface area contributed by atoms with Crippen molar-refractivity contribution in [3.63, 3.8) is 0 Å². The number of halogens is 1. The molecule has 1 unspecified atom stereocenters. The summed E-state index contributed by atoms with van der Waals surface area (Å²) >= 11 is 0. The van der Waals surface area contributed by atoms with Crippen LogP contribution in [0.3, 0.4) is 0 Å². The fraction of sp³-hybridized carbons (Fsp3) is 0.375. The molecule has 0 aliphatic heterocycles. The van der Waals surface area contributed by atoms with Gasteiger partial charge < -0.3 is 15.5 Å². The van der Waals surface area contributed by atoms with Crippen LogP contribution in [-0.2, 0) is 11.2 Å². The molecule has 3 amide bonds. The fourth-order valence-corrected chi connectivity index (χ4v) is 3.10. The third-order valence-electron chi connectivity index (χ3n) is 4.43. The maximum absolute atomic E-state index is 14.1. The predicted molar refractivity (Wildman–Crippen MR) is 87.5 cm³/mol. The Balaban J connectivity index is 2.64. The lowest BCUT2D eigenvalue weighted by atomic mass is 9.75. The van der Waals surface area contributed by atoms with E-state index in [1.807, 2.05) is 0 Å². The number of fused-ring (bicyclic) bond motifs is 1. The van der Waals surface area contributed by atoms with Gasteiger partial charge in [-0.25, -0.2) is 24.4 Å². The topological polar surface area (TPSA) is 136 Å². The van der Waals surface area contributed by atoms with Crippen LogP contribution >= 0.6 is 0 Å². The summed E-state index contributed by atoms with van der Waals surface area (Å²) in [4.78, 5) is 47.0. The first-order chi connectivity index (χ1) is 12.0. The average Bonchev–Trinajstić information content (AvgIpc) is 2.51. The number of anilines is 1. The van der Waals surface area contributed by atoms with Crippen molar-refractivity contribution in [1.82, 2.24) is 10.4 Å². The number of carbonyl (C=O) groups is 4. The maximum atomic E-state index is 14.1. The molecule has 0 heterocycles. The van der Waals surface area contributed by atoms with Gasteiger partial charge in [0.25, 0.3) is 0 Å². The van der Waals surface area contributed by atoms with Crippen LogP contribution in [0.25, 0.3) is 0 Å². The zero-order valence-corrected chi connectivity index (χ0v) is 14.3. The predicted octanol–water partition coefficient (Wildman–Crippen LogP) is 2.14. The van der Waals surface area contributed by atoms with Gasteiger partial charge in [-0.3, -0.25) is 9.59 Å². The van der Waals surface area contributed by atoms with Gasteiger partial charge in [0.1, 0.15) is 11.4 Å². The second-order valence-corrected chi connectivity index (χ2v) is 6.20. The highest BCUT2D eigenvalue weighted by Crippen LogP contribution is 2.38. The summed E-state index contributed by atoms with van der Waals surface area (Å²) in [6.07, 6.45) is -3.25. The van der Waals surface area contributed by atoms with Crippen LogP contribution in [-0.4, -0.2) is 44.6 Å². The van der Waals surface area contributed by atoms with Gasteiger partial charge in [-0.05, 0) is 43.9 Å². The van der Waals surface area contributed by atoms with Crippen LogP contribution in [0.2, 0.25) is 0 Å². The van der Waals surface area contributed by atoms with Crippen molar-refractivity contribution >= 4 is 29.6 Å². The Kier molecular flexibility index (Phi) is 4.88. The van der Waals surface area contributed by atoms with Gasteiger partial charge in [-0.1, -0.05) is 0 Å². The molecule has 0 fully saturated rings. The number of hydrogen-bond acceptors (Lipinski definition) is 4. The third kappa shape index (κ3) is 3.17. The number of Topliss-reactive ketones (excluding diaryl/α,β-unsaturated/α-hetero) is 1. The fourth-order valence-electron chi connectivity index (χ4n) is 3.10. The van der Waals surface area contributed by atoms with Gasteiger partial charge in [0.05, 0.1) is 5.69 Å². The molecule has 0 bridgehead atoms. The van der Waals surface area contributed by atoms with E-state index in [2.05, 4.69) is 5.32 Å². The molecular weight excluding hydrogens is 349 g/mol. The molecule has 1 aromatic carbocycles. The quantitative estimate of drug-likeness (QED) is 0.591. The number of nitrogens with one attached hydrogen (secondary N) is 2. The SMILES string of the molecule is CC(=O)Nc1cc(F)c(C)c2c1C(=O)C(C)(N(NC(=O)O)C(=O)O)CC2. The largest absolute Gasteiger partial charge is 0.464 e. The zero-order valence-electron chi connectivity index (χ0n) is 14.3. The second kappa shape index (κ2) is 6.62. The van der Waals surface area contributed by atoms with Crippen molar-refractivity contribution in [3.8, 4) is 0 Å². The minimum atomic E-state index is -1.76. The molecule has 0 saturated heterocycles. The average molecular weight is 367 g/mol. The summed E-state index contributed by atoms with van der Waals surface area (Å²) in [5.74, 6) is -1.88. The van der Waals surface area contributed by atoms with Crippen molar-refractivity contribution in [2.75, 3.05) is 5.32 Å². The van der Waals surface area contributed by atoms with E-state index in [0.717, 1.165) is 6.07 Å². The molecule has 0 aromatic heterocycles. The lowest BCUT2D eigenvalue weighted by molar-refractivity contribution is -0.114. The standard InChI is InChI=1S/C16H18FN3O6/c1-7-9-4-5-16(3,20(15(25)26)19-14(23)24)13(22)12(9)11(6-10(7)17)18-8(2)21/h6,19H,4-5H2,1-3H3,(H,18,21)(H,23,24)(H,25,26).